The summed E-state index contributed by atoms with van der Waals surface area (Å²) in [7, 11) is 0. The molecule has 3 nitrogen and oxygen atoms in total. The number of halogens is 1. The van der Waals surface area contributed by atoms with Crippen LogP contribution in [0.25, 0.3) is 0 Å². The van der Waals surface area contributed by atoms with Crippen LogP contribution in [0.1, 0.15) is 11.1 Å². The zero-order chi connectivity index (χ0) is 14.5. The molecular formula is C16H17FN2O. The molecule has 2 rings (SSSR count). The minimum Gasteiger partial charge on any atom is -0.376 e. The standard InChI is InChI=1S/C16H17FN2O/c1-11-6-8-13(9-7-11)19-16(20)10-18-15-5-3-4-14(17)12(15)2/h3-9,18H,10H2,1-2H3,(H,19,20). The number of amides is 1. The van der Waals surface area contributed by atoms with Gasteiger partial charge >= 0.3 is 0 Å². The van der Waals surface area contributed by atoms with Crippen LogP contribution in [0.15, 0.2) is 42.5 Å². The fourth-order valence-electron chi connectivity index (χ4n) is 1.82. The number of benzene rings is 2. The molecule has 0 fully saturated rings. The average molecular weight is 272 g/mol. The maximum atomic E-state index is 13.3. The van der Waals surface area contributed by atoms with Crippen molar-refractivity contribution in [1.82, 2.24) is 0 Å². The summed E-state index contributed by atoms with van der Waals surface area (Å²) >= 11 is 0. The van der Waals surface area contributed by atoms with Crippen LogP contribution in [0.3, 0.4) is 0 Å². The maximum absolute atomic E-state index is 13.3. The highest BCUT2D eigenvalue weighted by molar-refractivity contribution is 5.93. The highest BCUT2D eigenvalue weighted by Gasteiger charge is 2.06. The van der Waals surface area contributed by atoms with Gasteiger partial charge in [0.1, 0.15) is 5.82 Å². The lowest BCUT2D eigenvalue weighted by Gasteiger charge is -2.10. The third-order valence-electron chi connectivity index (χ3n) is 3.04. The lowest BCUT2D eigenvalue weighted by Crippen LogP contribution is -2.22. The monoisotopic (exact) mass is 272 g/mol. The summed E-state index contributed by atoms with van der Waals surface area (Å²) in [6.07, 6.45) is 0. The molecule has 104 valence electrons. The number of aryl methyl sites for hydroxylation is 1. The zero-order valence-electron chi connectivity index (χ0n) is 11.5. The van der Waals surface area contributed by atoms with Crippen LogP contribution in [0, 0.1) is 19.7 Å². The Morgan fingerprint density at radius 1 is 1.10 bits per heavy atom. The fraction of sp³-hybridized carbons (Fsp3) is 0.188. The molecule has 0 heterocycles. The normalized spacial score (nSPS) is 10.2. The molecule has 0 bridgehead atoms. The molecule has 4 heteroatoms. The first-order valence-corrected chi connectivity index (χ1v) is 6.42. The van der Waals surface area contributed by atoms with Crippen molar-refractivity contribution in [2.45, 2.75) is 13.8 Å². The summed E-state index contributed by atoms with van der Waals surface area (Å²) in [5.74, 6) is -0.452. The Balaban J connectivity index is 1.92. The Labute approximate surface area is 117 Å². The van der Waals surface area contributed by atoms with Crippen molar-refractivity contribution < 1.29 is 9.18 Å². The second-order valence-electron chi connectivity index (χ2n) is 4.68. The predicted molar refractivity (Wildman–Crippen MR) is 79.4 cm³/mol. The van der Waals surface area contributed by atoms with Crippen LogP contribution in [0.2, 0.25) is 0 Å². The van der Waals surface area contributed by atoms with Crippen LogP contribution in [0.5, 0.6) is 0 Å². The number of rotatable bonds is 4. The van der Waals surface area contributed by atoms with Gasteiger partial charge in [0.15, 0.2) is 0 Å². The minimum absolute atomic E-state index is 0.0954. The topological polar surface area (TPSA) is 41.1 Å². The second kappa shape index (κ2) is 6.19. The molecule has 0 aliphatic heterocycles. The van der Waals surface area contributed by atoms with Gasteiger partial charge in [-0.2, -0.15) is 0 Å². The smallest absolute Gasteiger partial charge is 0.243 e. The van der Waals surface area contributed by atoms with Crippen molar-refractivity contribution >= 4 is 17.3 Å². The molecule has 2 N–H and O–H groups in total. The molecule has 1 amide bonds. The van der Waals surface area contributed by atoms with E-state index in [9.17, 15) is 9.18 Å². The Kier molecular flexibility index (Phi) is 4.35. The molecule has 0 unspecified atom stereocenters. The van der Waals surface area contributed by atoms with Gasteiger partial charge in [-0.05, 0) is 38.1 Å². The molecule has 0 atom stereocenters. The van der Waals surface area contributed by atoms with E-state index in [4.69, 9.17) is 0 Å². The van der Waals surface area contributed by atoms with E-state index < -0.39 is 0 Å². The summed E-state index contributed by atoms with van der Waals surface area (Å²) in [6.45, 7) is 3.76. The summed E-state index contributed by atoms with van der Waals surface area (Å²) in [4.78, 5) is 11.8. The highest BCUT2D eigenvalue weighted by Crippen LogP contribution is 2.17. The molecule has 0 saturated carbocycles. The first kappa shape index (κ1) is 14.1. The van der Waals surface area contributed by atoms with E-state index in [2.05, 4.69) is 10.6 Å². The number of carbonyl (C=O) groups is 1. The third-order valence-corrected chi connectivity index (χ3v) is 3.04. The number of carbonyl (C=O) groups excluding carboxylic acids is 1. The highest BCUT2D eigenvalue weighted by atomic mass is 19.1. The van der Waals surface area contributed by atoms with Crippen LogP contribution >= 0.6 is 0 Å². The van der Waals surface area contributed by atoms with Gasteiger partial charge in [-0.25, -0.2) is 4.39 Å². The van der Waals surface area contributed by atoms with Gasteiger partial charge in [0.2, 0.25) is 5.91 Å². The van der Waals surface area contributed by atoms with Crippen molar-refractivity contribution in [2.24, 2.45) is 0 Å². The number of nitrogens with one attached hydrogen (secondary N) is 2. The van der Waals surface area contributed by atoms with E-state index in [0.29, 0.717) is 11.3 Å². The first-order chi connectivity index (χ1) is 9.56. The molecule has 0 aromatic heterocycles. The molecule has 0 aliphatic rings. The predicted octanol–water partition coefficient (Wildman–Crippen LogP) is 3.49. The van der Waals surface area contributed by atoms with Gasteiger partial charge in [-0.3, -0.25) is 4.79 Å². The van der Waals surface area contributed by atoms with Crippen molar-refractivity contribution in [3.8, 4) is 0 Å². The van der Waals surface area contributed by atoms with Crippen molar-refractivity contribution in [3.05, 3.63) is 59.4 Å². The molecule has 0 radical (unpaired) electrons. The van der Waals surface area contributed by atoms with Crippen LogP contribution in [-0.2, 0) is 4.79 Å². The summed E-state index contributed by atoms with van der Waals surface area (Å²) < 4.78 is 13.3. The number of hydrogen-bond acceptors (Lipinski definition) is 2. The van der Waals surface area contributed by atoms with E-state index >= 15 is 0 Å². The van der Waals surface area contributed by atoms with Gasteiger partial charge in [0.05, 0.1) is 6.54 Å². The SMILES string of the molecule is Cc1ccc(NC(=O)CNc2cccc(F)c2C)cc1. The average Bonchev–Trinajstić information content (AvgIpc) is 2.43. The van der Waals surface area contributed by atoms with Gasteiger partial charge < -0.3 is 10.6 Å². The molecular weight excluding hydrogens is 255 g/mol. The molecule has 2 aromatic rings. The largest absolute Gasteiger partial charge is 0.376 e. The summed E-state index contributed by atoms with van der Waals surface area (Å²) in [6, 6.07) is 12.3. The fourth-order valence-corrected chi connectivity index (χ4v) is 1.82. The Hall–Kier alpha value is -2.36. The van der Waals surface area contributed by atoms with Gasteiger partial charge in [-0.1, -0.05) is 23.8 Å². The van der Waals surface area contributed by atoms with Crippen LogP contribution in [-0.4, -0.2) is 12.5 Å². The van der Waals surface area contributed by atoms with Crippen LogP contribution < -0.4 is 10.6 Å². The Bertz CT molecular complexity index is 608. The quantitative estimate of drug-likeness (QED) is 0.894. The zero-order valence-corrected chi connectivity index (χ0v) is 11.5. The lowest BCUT2D eigenvalue weighted by atomic mass is 10.2. The Morgan fingerprint density at radius 2 is 1.80 bits per heavy atom. The van der Waals surface area contributed by atoms with Gasteiger partial charge in [0.25, 0.3) is 0 Å². The summed E-state index contributed by atoms with van der Waals surface area (Å²) in [5.41, 5.74) is 3.02. The first-order valence-electron chi connectivity index (χ1n) is 6.42. The van der Waals surface area contributed by atoms with E-state index in [-0.39, 0.29) is 18.3 Å². The van der Waals surface area contributed by atoms with Gasteiger partial charge in [0, 0.05) is 16.9 Å². The van der Waals surface area contributed by atoms with Crippen molar-refractivity contribution in [1.29, 1.82) is 0 Å². The van der Waals surface area contributed by atoms with Crippen molar-refractivity contribution in [3.63, 3.8) is 0 Å². The van der Waals surface area contributed by atoms with Crippen molar-refractivity contribution in [2.75, 3.05) is 17.2 Å². The van der Waals surface area contributed by atoms with E-state index in [1.165, 1.54) is 6.07 Å². The van der Waals surface area contributed by atoms with Gasteiger partial charge in [-0.15, -0.1) is 0 Å². The van der Waals surface area contributed by atoms with E-state index in [1.54, 1.807) is 19.1 Å². The maximum Gasteiger partial charge on any atom is 0.243 e. The molecule has 2 aromatic carbocycles. The van der Waals surface area contributed by atoms with Crippen LogP contribution in [0.4, 0.5) is 15.8 Å². The second-order valence-corrected chi connectivity index (χ2v) is 4.68. The Morgan fingerprint density at radius 3 is 2.50 bits per heavy atom. The van der Waals surface area contributed by atoms with E-state index in [0.717, 1.165) is 11.3 Å². The molecule has 0 aliphatic carbocycles. The minimum atomic E-state index is -0.283. The molecule has 0 saturated heterocycles. The molecule has 0 spiro atoms. The van der Waals surface area contributed by atoms with E-state index in [1.807, 2.05) is 31.2 Å². The third kappa shape index (κ3) is 3.57. The summed E-state index contributed by atoms with van der Waals surface area (Å²) in [5, 5.41) is 5.71. The number of anilines is 2. The lowest BCUT2D eigenvalue weighted by molar-refractivity contribution is -0.114. The molecule has 20 heavy (non-hydrogen) atoms. The number of hydrogen-bond donors (Lipinski definition) is 2.